The van der Waals surface area contributed by atoms with Crippen molar-refractivity contribution in [1.82, 2.24) is 10.4 Å². The second-order valence-corrected chi connectivity index (χ2v) is 3.34. The van der Waals surface area contributed by atoms with Crippen LogP contribution in [0.5, 0.6) is 0 Å². The highest BCUT2D eigenvalue weighted by Crippen LogP contribution is 2.09. The van der Waals surface area contributed by atoms with Gasteiger partial charge in [-0.1, -0.05) is 0 Å². The molecule has 0 atom stereocenters. The Morgan fingerprint density at radius 2 is 1.75 bits per heavy atom. The molecule has 0 saturated heterocycles. The van der Waals surface area contributed by atoms with Crippen LogP contribution in [-0.2, 0) is 9.59 Å². The minimum Gasteiger partial charge on any atom is -0.474 e. The maximum Gasteiger partial charge on any atom is 0.396 e. The van der Waals surface area contributed by atoms with Crippen LogP contribution in [0.15, 0.2) is 0 Å². The predicted molar refractivity (Wildman–Crippen MR) is 43.3 cm³/mol. The number of hydrogen-bond acceptors (Lipinski definition) is 3. The van der Waals surface area contributed by atoms with Gasteiger partial charge in [-0.3, -0.25) is 9.80 Å². The Morgan fingerprint density at radius 1 is 1.33 bits per heavy atom. The summed E-state index contributed by atoms with van der Waals surface area (Å²) in [5.41, 5.74) is 1.99. The second-order valence-electron chi connectivity index (χ2n) is 3.34. The Kier molecular flexibility index (Phi) is 3.21. The lowest BCUT2D eigenvalue weighted by Gasteiger charge is -2.32. The number of aliphatic carboxylic acids is 1. The Labute approximate surface area is 71.3 Å². The van der Waals surface area contributed by atoms with E-state index in [1.165, 1.54) is 7.05 Å². The van der Waals surface area contributed by atoms with Crippen molar-refractivity contribution in [3.63, 3.8) is 0 Å². The molecule has 0 radical (unpaired) electrons. The van der Waals surface area contributed by atoms with Gasteiger partial charge in [-0.2, -0.15) is 0 Å². The zero-order valence-corrected chi connectivity index (χ0v) is 7.71. The number of amides is 1. The summed E-state index contributed by atoms with van der Waals surface area (Å²) in [6, 6.07) is 0. The zero-order chi connectivity index (χ0) is 9.94. The lowest BCUT2D eigenvalue weighted by atomic mass is 10.1. The lowest BCUT2D eigenvalue weighted by Crippen LogP contribution is -2.54. The first-order valence-corrected chi connectivity index (χ1v) is 3.55. The predicted octanol–water partition coefficient (Wildman–Crippen LogP) is -0.168. The average Bonchev–Trinajstić information content (AvgIpc) is 1.85. The molecule has 0 aromatic carbocycles. The van der Waals surface area contributed by atoms with Gasteiger partial charge in [0.1, 0.15) is 0 Å². The molecule has 2 N–H and O–H groups in total. The van der Waals surface area contributed by atoms with Gasteiger partial charge in [-0.15, -0.1) is 0 Å². The maximum absolute atomic E-state index is 11.0. The fourth-order valence-corrected chi connectivity index (χ4v) is 0.837. The summed E-state index contributed by atoms with van der Waals surface area (Å²) in [5, 5.41) is 9.48. The lowest BCUT2D eigenvalue weighted by molar-refractivity contribution is -0.161. The van der Waals surface area contributed by atoms with Gasteiger partial charge in [-0.05, 0) is 20.8 Å². The van der Waals surface area contributed by atoms with Crippen molar-refractivity contribution in [3.05, 3.63) is 0 Å². The van der Waals surface area contributed by atoms with Crippen LogP contribution in [0.4, 0.5) is 0 Å². The van der Waals surface area contributed by atoms with Crippen molar-refractivity contribution in [3.8, 4) is 0 Å². The number of hydrogen-bond donors (Lipinski definition) is 2. The van der Waals surface area contributed by atoms with Gasteiger partial charge < -0.3 is 5.11 Å². The molecule has 0 spiro atoms. The Bertz CT molecular complexity index is 195. The number of carboxylic acids is 1. The number of nitrogens with one attached hydrogen (secondary N) is 1. The molecule has 12 heavy (non-hydrogen) atoms. The molecule has 0 unspecified atom stereocenters. The van der Waals surface area contributed by atoms with Gasteiger partial charge in [0.05, 0.1) is 5.54 Å². The van der Waals surface area contributed by atoms with E-state index in [0.29, 0.717) is 0 Å². The average molecular weight is 174 g/mol. The number of nitrogens with zero attached hydrogens (tertiary/aromatic N) is 1. The van der Waals surface area contributed by atoms with Gasteiger partial charge >= 0.3 is 11.9 Å². The van der Waals surface area contributed by atoms with Gasteiger partial charge in [0.15, 0.2) is 0 Å². The fraction of sp³-hybridized carbons (Fsp3) is 0.714. The maximum atomic E-state index is 11.0. The number of carbonyl (C=O) groups is 2. The number of rotatable bonds is 1. The van der Waals surface area contributed by atoms with Crippen LogP contribution >= 0.6 is 0 Å². The van der Waals surface area contributed by atoms with Crippen LogP contribution in [0.3, 0.4) is 0 Å². The SMILES string of the molecule is CNN(C(=O)C(=O)O)C(C)(C)C. The molecule has 5 heteroatoms. The molecule has 1 amide bonds. The highest BCUT2D eigenvalue weighted by atomic mass is 16.4. The quantitative estimate of drug-likeness (QED) is 0.428. The molecule has 0 fully saturated rings. The van der Waals surface area contributed by atoms with E-state index in [1.807, 2.05) is 0 Å². The third-order valence-electron chi connectivity index (χ3n) is 1.28. The van der Waals surface area contributed by atoms with Crippen molar-refractivity contribution in [2.75, 3.05) is 7.05 Å². The highest BCUT2D eigenvalue weighted by molar-refractivity contribution is 6.31. The first-order valence-electron chi connectivity index (χ1n) is 3.55. The van der Waals surface area contributed by atoms with E-state index in [1.54, 1.807) is 20.8 Å². The first-order chi connectivity index (χ1) is 5.30. The summed E-state index contributed by atoms with van der Waals surface area (Å²) < 4.78 is 0. The van der Waals surface area contributed by atoms with Crippen molar-refractivity contribution in [2.45, 2.75) is 26.3 Å². The summed E-state index contributed by atoms with van der Waals surface area (Å²) in [4.78, 5) is 21.3. The third-order valence-corrected chi connectivity index (χ3v) is 1.28. The van der Waals surface area contributed by atoms with E-state index >= 15 is 0 Å². The van der Waals surface area contributed by atoms with Crippen molar-refractivity contribution in [1.29, 1.82) is 0 Å². The van der Waals surface area contributed by atoms with E-state index in [2.05, 4.69) is 5.43 Å². The number of carboxylic acid groups (broad SMARTS) is 1. The summed E-state index contributed by atoms with van der Waals surface area (Å²) in [6.07, 6.45) is 0. The molecule has 0 aromatic heterocycles. The summed E-state index contributed by atoms with van der Waals surface area (Å²) in [7, 11) is 1.51. The summed E-state index contributed by atoms with van der Waals surface area (Å²) in [6.45, 7) is 5.22. The smallest absolute Gasteiger partial charge is 0.396 e. The van der Waals surface area contributed by atoms with Crippen molar-refractivity contribution in [2.24, 2.45) is 0 Å². The monoisotopic (exact) mass is 174 g/mol. The molecule has 0 bridgehead atoms. The van der Waals surface area contributed by atoms with Crippen molar-refractivity contribution < 1.29 is 14.7 Å². The minimum atomic E-state index is -1.46. The second kappa shape index (κ2) is 3.53. The van der Waals surface area contributed by atoms with E-state index in [4.69, 9.17) is 5.11 Å². The van der Waals surface area contributed by atoms with Gasteiger partial charge in [0.2, 0.25) is 0 Å². The van der Waals surface area contributed by atoms with E-state index in [-0.39, 0.29) is 0 Å². The molecule has 0 aliphatic heterocycles. The Hall–Kier alpha value is -1.10. The molecule has 0 saturated carbocycles. The van der Waals surface area contributed by atoms with Crippen LogP contribution < -0.4 is 5.43 Å². The van der Waals surface area contributed by atoms with Crippen LogP contribution in [0.2, 0.25) is 0 Å². The topological polar surface area (TPSA) is 69.6 Å². The van der Waals surface area contributed by atoms with Gasteiger partial charge in [-0.25, -0.2) is 10.2 Å². The molecule has 0 aliphatic carbocycles. The third kappa shape index (κ3) is 2.50. The highest BCUT2D eigenvalue weighted by Gasteiger charge is 2.29. The summed E-state index contributed by atoms with van der Waals surface area (Å²) in [5.74, 6) is -2.41. The zero-order valence-electron chi connectivity index (χ0n) is 7.71. The van der Waals surface area contributed by atoms with E-state index in [9.17, 15) is 9.59 Å². The molecular weight excluding hydrogens is 160 g/mol. The molecule has 0 rings (SSSR count). The van der Waals surface area contributed by atoms with Gasteiger partial charge in [0.25, 0.3) is 0 Å². The van der Waals surface area contributed by atoms with Gasteiger partial charge in [0, 0.05) is 7.05 Å². The molecule has 0 aliphatic rings. The number of hydrazine groups is 1. The first kappa shape index (κ1) is 10.9. The van der Waals surface area contributed by atoms with Crippen LogP contribution in [0.1, 0.15) is 20.8 Å². The summed E-state index contributed by atoms with van der Waals surface area (Å²) >= 11 is 0. The Balaban J connectivity index is 4.58. The molecule has 70 valence electrons. The fourth-order valence-electron chi connectivity index (χ4n) is 0.837. The van der Waals surface area contributed by atoms with Crippen LogP contribution in [-0.4, -0.2) is 34.6 Å². The molecule has 0 aromatic rings. The largest absolute Gasteiger partial charge is 0.474 e. The minimum absolute atomic E-state index is 0.537. The molecule has 0 heterocycles. The van der Waals surface area contributed by atoms with Crippen LogP contribution in [0.25, 0.3) is 0 Å². The van der Waals surface area contributed by atoms with Crippen molar-refractivity contribution >= 4 is 11.9 Å². The molecule has 5 nitrogen and oxygen atoms in total. The standard InChI is InChI=1S/C7H14N2O3/c1-7(2,3)9(8-4)5(10)6(11)12/h8H,1-4H3,(H,11,12). The van der Waals surface area contributed by atoms with E-state index in [0.717, 1.165) is 5.01 Å². The molecular formula is C7H14N2O3. The Morgan fingerprint density at radius 3 is 1.83 bits per heavy atom. The van der Waals surface area contributed by atoms with Crippen LogP contribution in [0, 0.1) is 0 Å². The number of carbonyl (C=O) groups excluding carboxylic acids is 1. The van der Waals surface area contributed by atoms with E-state index < -0.39 is 17.4 Å². The normalized spacial score (nSPS) is 11.0.